The van der Waals surface area contributed by atoms with Crippen molar-refractivity contribution in [3.63, 3.8) is 0 Å². The summed E-state index contributed by atoms with van der Waals surface area (Å²) < 4.78 is 0. The Kier molecular flexibility index (Phi) is 3.47. The first kappa shape index (κ1) is 8.63. The molecule has 0 radical (unpaired) electrons. The number of ketones is 1. The highest BCUT2D eigenvalue weighted by Crippen LogP contribution is 2.01. The zero-order valence-electron chi connectivity index (χ0n) is 6.22. The lowest BCUT2D eigenvalue weighted by atomic mass is 10.0. The van der Waals surface area contributed by atoms with E-state index in [-0.39, 0.29) is 11.7 Å². The molecular formula is C7H14O2. The Morgan fingerprint density at radius 2 is 2.00 bits per heavy atom. The highest BCUT2D eigenvalue weighted by Gasteiger charge is 2.15. The Bertz CT molecular complexity index is 97.1. The molecule has 2 nitrogen and oxygen atoms in total. The second-order valence-electron chi connectivity index (χ2n) is 2.48. The second kappa shape index (κ2) is 3.62. The Labute approximate surface area is 55.9 Å². The summed E-state index contributed by atoms with van der Waals surface area (Å²) in [5.74, 6) is -0.0996. The van der Waals surface area contributed by atoms with Gasteiger partial charge in [-0.05, 0) is 6.42 Å². The molecule has 1 N–H and O–H groups in total. The molecule has 9 heavy (non-hydrogen) atoms. The van der Waals surface area contributed by atoms with Crippen LogP contribution in [0.1, 0.15) is 27.2 Å². The van der Waals surface area contributed by atoms with Crippen LogP contribution in [0.25, 0.3) is 0 Å². The minimum atomic E-state index is -0.745. The maximum atomic E-state index is 10.8. The number of rotatable bonds is 3. The third-order valence-corrected chi connectivity index (χ3v) is 1.28. The third kappa shape index (κ3) is 2.61. The number of aliphatic hydroxyl groups is 1. The first-order valence-corrected chi connectivity index (χ1v) is 3.31. The number of carbonyl (C=O) groups is 1. The van der Waals surface area contributed by atoms with Crippen molar-refractivity contribution in [2.24, 2.45) is 5.92 Å². The van der Waals surface area contributed by atoms with Gasteiger partial charge in [0.05, 0.1) is 0 Å². The summed E-state index contributed by atoms with van der Waals surface area (Å²) in [7, 11) is 0. The van der Waals surface area contributed by atoms with Crippen LogP contribution in [0.3, 0.4) is 0 Å². The normalized spacial score (nSPS) is 13.9. The summed E-state index contributed by atoms with van der Waals surface area (Å²) in [5.41, 5.74) is 0. The summed E-state index contributed by atoms with van der Waals surface area (Å²) in [5, 5.41) is 8.95. The van der Waals surface area contributed by atoms with E-state index < -0.39 is 6.10 Å². The zero-order valence-corrected chi connectivity index (χ0v) is 6.22. The van der Waals surface area contributed by atoms with E-state index in [2.05, 4.69) is 0 Å². The van der Waals surface area contributed by atoms with Crippen LogP contribution in [0.4, 0.5) is 0 Å². The summed E-state index contributed by atoms with van der Waals surface area (Å²) in [6.07, 6.45) is -0.221. The zero-order chi connectivity index (χ0) is 7.44. The van der Waals surface area contributed by atoms with Gasteiger partial charge in [-0.3, -0.25) is 4.79 Å². The molecule has 0 aromatic rings. The van der Waals surface area contributed by atoms with Gasteiger partial charge >= 0.3 is 0 Å². The van der Waals surface area contributed by atoms with E-state index in [0.29, 0.717) is 6.42 Å². The molecule has 54 valence electrons. The standard InChI is InChI=1S/C7H14O2/c1-4-6(8)7(9)5(2)3/h5-6,8H,4H2,1-3H3/t6-/m1/s1. The summed E-state index contributed by atoms with van der Waals surface area (Å²) >= 11 is 0. The van der Waals surface area contributed by atoms with Gasteiger partial charge in [0.2, 0.25) is 0 Å². The lowest BCUT2D eigenvalue weighted by Gasteiger charge is -2.07. The van der Waals surface area contributed by atoms with Crippen molar-refractivity contribution in [1.82, 2.24) is 0 Å². The van der Waals surface area contributed by atoms with E-state index in [1.807, 2.05) is 0 Å². The van der Waals surface area contributed by atoms with Crippen molar-refractivity contribution in [3.05, 3.63) is 0 Å². The molecule has 0 amide bonds. The fourth-order valence-corrected chi connectivity index (χ4v) is 0.586. The van der Waals surface area contributed by atoms with Gasteiger partial charge in [-0.25, -0.2) is 0 Å². The number of Topliss-reactive ketones (excluding diaryl/α,β-unsaturated/α-hetero) is 1. The van der Waals surface area contributed by atoms with E-state index in [0.717, 1.165) is 0 Å². The molecule has 0 unspecified atom stereocenters. The average Bonchev–Trinajstić information content (AvgIpc) is 1.84. The lowest BCUT2D eigenvalue weighted by Crippen LogP contribution is -2.23. The first-order valence-electron chi connectivity index (χ1n) is 3.31. The third-order valence-electron chi connectivity index (χ3n) is 1.28. The van der Waals surface area contributed by atoms with Crippen LogP contribution >= 0.6 is 0 Å². The van der Waals surface area contributed by atoms with Gasteiger partial charge in [0.15, 0.2) is 5.78 Å². The van der Waals surface area contributed by atoms with Gasteiger partial charge in [-0.15, -0.1) is 0 Å². The van der Waals surface area contributed by atoms with Gasteiger partial charge in [-0.2, -0.15) is 0 Å². The number of hydrogen-bond donors (Lipinski definition) is 1. The largest absolute Gasteiger partial charge is 0.385 e. The fourth-order valence-electron chi connectivity index (χ4n) is 0.586. The van der Waals surface area contributed by atoms with Gasteiger partial charge in [-0.1, -0.05) is 20.8 Å². The summed E-state index contributed by atoms with van der Waals surface area (Å²) in [4.78, 5) is 10.8. The van der Waals surface area contributed by atoms with Crippen molar-refractivity contribution in [2.75, 3.05) is 0 Å². The minimum absolute atomic E-state index is 0.0417. The van der Waals surface area contributed by atoms with Gasteiger partial charge in [0.25, 0.3) is 0 Å². The molecule has 0 saturated heterocycles. The average molecular weight is 130 g/mol. The molecule has 0 aliphatic heterocycles. The molecule has 0 fully saturated rings. The Morgan fingerprint density at radius 3 is 2.11 bits per heavy atom. The molecule has 0 aliphatic rings. The maximum Gasteiger partial charge on any atom is 0.163 e. The van der Waals surface area contributed by atoms with Gasteiger partial charge in [0.1, 0.15) is 6.10 Å². The number of carbonyl (C=O) groups excluding carboxylic acids is 1. The van der Waals surface area contributed by atoms with E-state index in [9.17, 15) is 4.79 Å². The summed E-state index contributed by atoms with van der Waals surface area (Å²) in [6, 6.07) is 0. The molecule has 0 saturated carbocycles. The monoisotopic (exact) mass is 130 g/mol. The van der Waals surface area contributed by atoms with Crippen molar-refractivity contribution in [3.8, 4) is 0 Å². The predicted molar refractivity (Wildman–Crippen MR) is 36.1 cm³/mol. The molecule has 0 spiro atoms. The van der Waals surface area contributed by atoms with Crippen LogP contribution < -0.4 is 0 Å². The molecule has 1 atom stereocenters. The second-order valence-corrected chi connectivity index (χ2v) is 2.48. The van der Waals surface area contributed by atoms with E-state index >= 15 is 0 Å². The molecule has 0 heterocycles. The summed E-state index contributed by atoms with van der Waals surface area (Å²) in [6.45, 7) is 5.38. The first-order chi connectivity index (χ1) is 4.09. The topological polar surface area (TPSA) is 37.3 Å². The van der Waals surface area contributed by atoms with Crippen LogP contribution in [0.5, 0.6) is 0 Å². The van der Waals surface area contributed by atoms with Crippen molar-refractivity contribution in [2.45, 2.75) is 33.3 Å². The molecule has 0 aromatic carbocycles. The Balaban J connectivity index is 3.73. The van der Waals surface area contributed by atoms with Crippen molar-refractivity contribution in [1.29, 1.82) is 0 Å². The highest BCUT2D eigenvalue weighted by atomic mass is 16.3. The van der Waals surface area contributed by atoms with E-state index in [1.54, 1.807) is 20.8 Å². The smallest absolute Gasteiger partial charge is 0.163 e. The number of hydrogen-bond acceptors (Lipinski definition) is 2. The SMILES string of the molecule is CC[C@@H](O)C(=O)C(C)C. The minimum Gasteiger partial charge on any atom is -0.385 e. The van der Waals surface area contributed by atoms with Crippen LogP contribution in [0.2, 0.25) is 0 Å². The highest BCUT2D eigenvalue weighted by molar-refractivity contribution is 5.84. The maximum absolute atomic E-state index is 10.8. The van der Waals surface area contributed by atoms with Crippen molar-refractivity contribution < 1.29 is 9.90 Å². The molecule has 0 aromatic heterocycles. The number of aliphatic hydroxyl groups excluding tert-OH is 1. The van der Waals surface area contributed by atoms with Crippen LogP contribution in [-0.2, 0) is 4.79 Å². The van der Waals surface area contributed by atoms with E-state index in [1.165, 1.54) is 0 Å². The van der Waals surface area contributed by atoms with E-state index in [4.69, 9.17) is 5.11 Å². The van der Waals surface area contributed by atoms with Crippen molar-refractivity contribution >= 4 is 5.78 Å². The van der Waals surface area contributed by atoms with Crippen LogP contribution in [0.15, 0.2) is 0 Å². The van der Waals surface area contributed by atoms with Crippen LogP contribution in [-0.4, -0.2) is 17.0 Å². The quantitative estimate of drug-likeness (QED) is 0.618. The molecular weight excluding hydrogens is 116 g/mol. The molecule has 0 rings (SSSR count). The Hall–Kier alpha value is -0.370. The fraction of sp³-hybridized carbons (Fsp3) is 0.857. The Morgan fingerprint density at radius 1 is 1.56 bits per heavy atom. The van der Waals surface area contributed by atoms with Crippen LogP contribution in [0, 0.1) is 5.92 Å². The van der Waals surface area contributed by atoms with Gasteiger partial charge in [0, 0.05) is 5.92 Å². The molecule has 2 heteroatoms. The molecule has 0 bridgehead atoms. The lowest BCUT2D eigenvalue weighted by molar-refractivity contribution is -0.130. The predicted octanol–water partition coefficient (Wildman–Crippen LogP) is 0.982. The molecule has 0 aliphatic carbocycles. The van der Waals surface area contributed by atoms with Gasteiger partial charge < -0.3 is 5.11 Å².